The summed E-state index contributed by atoms with van der Waals surface area (Å²) in [6, 6.07) is 5.35. The third-order valence-electron chi connectivity index (χ3n) is 2.75. The molecule has 0 spiro atoms. The Morgan fingerprint density at radius 1 is 1.17 bits per heavy atom. The summed E-state index contributed by atoms with van der Waals surface area (Å²) in [5.74, 6) is 0.493. The summed E-state index contributed by atoms with van der Waals surface area (Å²) in [5.41, 5.74) is 1.57. The van der Waals surface area contributed by atoms with Crippen molar-refractivity contribution in [1.29, 1.82) is 0 Å². The van der Waals surface area contributed by atoms with Crippen LogP contribution < -0.4 is 4.74 Å². The van der Waals surface area contributed by atoms with Gasteiger partial charge in [-0.3, -0.25) is 9.59 Å². The number of methoxy groups -OCH3 is 2. The molecule has 0 aliphatic carbocycles. The molecule has 0 heterocycles. The number of ether oxygens (including phenoxy) is 2. The second kappa shape index (κ2) is 6.79. The van der Waals surface area contributed by atoms with Gasteiger partial charge in [0.2, 0.25) is 0 Å². The fourth-order valence-electron chi connectivity index (χ4n) is 1.71. The van der Waals surface area contributed by atoms with E-state index in [9.17, 15) is 9.59 Å². The van der Waals surface area contributed by atoms with E-state index >= 15 is 0 Å². The largest absolute Gasteiger partial charge is 0.497 e. The fourth-order valence-corrected chi connectivity index (χ4v) is 1.71. The lowest BCUT2D eigenvalue weighted by Crippen LogP contribution is -2.05. The van der Waals surface area contributed by atoms with Crippen LogP contribution in [0.2, 0.25) is 0 Å². The van der Waals surface area contributed by atoms with Gasteiger partial charge in [0.25, 0.3) is 0 Å². The van der Waals surface area contributed by atoms with Crippen molar-refractivity contribution in [1.82, 2.24) is 0 Å². The highest BCUT2D eigenvalue weighted by molar-refractivity contribution is 5.97. The van der Waals surface area contributed by atoms with Crippen LogP contribution >= 0.6 is 0 Å². The number of hydrogen-bond acceptors (Lipinski definition) is 4. The molecule has 18 heavy (non-hydrogen) atoms. The SMILES string of the molecule is COC(=O)CCCC(=O)c1ccc(OC)cc1C. The van der Waals surface area contributed by atoms with E-state index in [4.69, 9.17) is 4.74 Å². The van der Waals surface area contributed by atoms with E-state index < -0.39 is 0 Å². The van der Waals surface area contributed by atoms with Gasteiger partial charge in [-0.15, -0.1) is 0 Å². The molecule has 0 saturated heterocycles. The van der Waals surface area contributed by atoms with Crippen LogP contribution in [-0.2, 0) is 9.53 Å². The Balaban J connectivity index is 2.59. The summed E-state index contributed by atoms with van der Waals surface area (Å²) in [6.45, 7) is 1.87. The van der Waals surface area contributed by atoms with E-state index in [1.807, 2.05) is 13.0 Å². The molecule has 1 aromatic carbocycles. The molecule has 0 unspecified atom stereocenters. The maximum Gasteiger partial charge on any atom is 0.305 e. The summed E-state index contributed by atoms with van der Waals surface area (Å²) in [7, 11) is 2.93. The Labute approximate surface area is 107 Å². The first kappa shape index (κ1) is 14.2. The van der Waals surface area contributed by atoms with Crippen LogP contribution in [0.1, 0.15) is 35.2 Å². The highest BCUT2D eigenvalue weighted by atomic mass is 16.5. The lowest BCUT2D eigenvalue weighted by Gasteiger charge is -2.07. The number of esters is 1. The lowest BCUT2D eigenvalue weighted by atomic mass is 10.0. The Kier molecular flexibility index (Phi) is 5.36. The molecular weight excluding hydrogens is 232 g/mol. The van der Waals surface area contributed by atoms with Crippen molar-refractivity contribution < 1.29 is 19.1 Å². The van der Waals surface area contributed by atoms with Crippen molar-refractivity contribution in [3.05, 3.63) is 29.3 Å². The van der Waals surface area contributed by atoms with Crippen molar-refractivity contribution in [2.24, 2.45) is 0 Å². The van der Waals surface area contributed by atoms with E-state index in [1.165, 1.54) is 7.11 Å². The molecule has 1 aromatic rings. The van der Waals surface area contributed by atoms with Crippen molar-refractivity contribution in [2.75, 3.05) is 14.2 Å². The second-order valence-corrected chi connectivity index (χ2v) is 4.03. The predicted octanol–water partition coefficient (Wildman–Crippen LogP) is 2.53. The first-order valence-corrected chi connectivity index (χ1v) is 5.83. The van der Waals surface area contributed by atoms with Crippen molar-refractivity contribution in [2.45, 2.75) is 26.2 Å². The van der Waals surface area contributed by atoms with Crippen molar-refractivity contribution in [3.8, 4) is 5.75 Å². The van der Waals surface area contributed by atoms with Crippen LogP contribution in [0, 0.1) is 6.92 Å². The van der Waals surface area contributed by atoms with Crippen LogP contribution in [0.25, 0.3) is 0 Å². The maximum absolute atomic E-state index is 11.9. The minimum atomic E-state index is -0.283. The van der Waals surface area contributed by atoms with Gasteiger partial charge in [-0.25, -0.2) is 0 Å². The van der Waals surface area contributed by atoms with Crippen molar-refractivity contribution in [3.63, 3.8) is 0 Å². The van der Waals surface area contributed by atoms with Gasteiger partial charge in [-0.1, -0.05) is 0 Å². The zero-order valence-electron chi connectivity index (χ0n) is 11.0. The molecule has 0 radical (unpaired) electrons. The average molecular weight is 250 g/mol. The number of carbonyl (C=O) groups excluding carboxylic acids is 2. The van der Waals surface area contributed by atoms with Crippen LogP contribution in [-0.4, -0.2) is 26.0 Å². The number of rotatable bonds is 6. The van der Waals surface area contributed by atoms with Gasteiger partial charge >= 0.3 is 5.97 Å². The summed E-state index contributed by atoms with van der Waals surface area (Å²) in [6.07, 6.45) is 1.14. The van der Waals surface area contributed by atoms with E-state index in [-0.39, 0.29) is 18.2 Å². The summed E-state index contributed by atoms with van der Waals surface area (Å²) >= 11 is 0. The molecule has 4 heteroatoms. The van der Waals surface area contributed by atoms with Gasteiger partial charge in [-0.2, -0.15) is 0 Å². The topological polar surface area (TPSA) is 52.6 Å². The molecule has 98 valence electrons. The van der Waals surface area contributed by atoms with E-state index in [1.54, 1.807) is 19.2 Å². The number of aryl methyl sites for hydroxylation is 1. The third kappa shape index (κ3) is 3.87. The number of benzene rings is 1. The third-order valence-corrected chi connectivity index (χ3v) is 2.75. The van der Waals surface area contributed by atoms with Gasteiger partial charge in [0.05, 0.1) is 14.2 Å². The molecule has 0 saturated carbocycles. The molecule has 0 amide bonds. The van der Waals surface area contributed by atoms with Gasteiger partial charge in [0.15, 0.2) is 5.78 Å². The Morgan fingerprint density at radius 3 is 2.44 bits per heavy atom. The zero-order chi connectivity index (χ0) is 13.5. The standard InChI is InChI=1S/C14H18O4/c1-10-9-11(17-2)7-8-12(10)13(15)5-4-6-14(16)18-3/h7-9H,4-6H2,1-3H3. The van der Waals surface area contributed by atoms with E-state index in [0.717, 1.165) is 11.3 Å². The molecule has 0 bridgehead atoms. The predicted molar refractivity (Wildman–Crippen MR) is 67.9 cm³/mol. The molecule has 0 N–H and O–H groups in total. The van der Waals surface area contributed by atoms with Gasteiger partial charge < -0.3 is 9.47 Å². The van der Waals surface area contributed by atoms with Gasteiger partial charge in [0.1, 0.15) is 5.75 Å². The monoisotopic (exact) mass is 250 g/mol. The minimum Gasteiger partial charge on any atom is -0.497 e. The van der Waals surface area contributed by atoms with Gasteiger partial charge in [-0.05, 0) is 37.1 Å². The first-order chi connectivity index (χ1) is 8.58. The molecule has 1 rings (SSSR count). The average Bonchev–Trinajstić information content (AvgIpc) is 2.37. The summed E-state index contributed by atoms with van der Waals surface area (Å²) in [5, 5.41) is 0. The number of Topliss-reactive ketones (excluding diaryl/α,β-unsaturated/α-hetero) is 1. The van der Waals surface area contributed by atoms with Crippen LogP contribution in [0.5, 0.6) is 5.75 Å². The molecule has 0 atom stereocenters. The second-order valence-electron chi connectivity index (χ2n) is 4.03. The quantitative estimate of drug-likeness (QED) is 0.575. The maximum atomic E-state index is 11.9. The van der Waals surface area contributed by atoms with Crippen LogP contribution in [0.3, 0.4) is 0 Å². The molecule has 0 aromatic heterocycles. The lowest BCUT2D eigenvalue weighted by molar-refractivity contribution is -0.140. The number of ketones is 1. The first-order valence-electron chi connectivity index (χ1n) is 5.83. The van der Waals surface area contributed by atoms with Crippen molar-refractivity contribution >= 4 is 11.8 Å². The highest BCUT2D eigenvalue weighted by Crippen LogP contribution is 2.18. The summed E-state index contributed by atoms with van der Waals surface area (Å²) < 4.78 is 9.61. The molecule has 4 nitrogen and oxygen atoms in total. The van der Waals surface area contributed by atoms with E-state index in [2.05, 4.69) is 4.74 Å². The van der Waals surface area contributed by atoms with Crippen LogP contribution in [0.15, 0.2) is 18.2 Å². The van der Waals surface area contributed by atoms with Gasteiger partial charge in [0, 0.05) is 18.4 Å². The van der Waals surface area contributed by atoms with Crippen LogP contribution in [0.4, 0.5) is 0 Å². The van der Waals surface area contributed by atoms with E-state index in [0.29, 0.717) is 18.4 Å². The molecular formula is C14H18O4. The smallest absolute Gasteiger partial charge is 0.305 e. The number of hydrogen-bond donors (Lipinski definition) is 0. The number of carbonyl (C=O) groups is 2. The molecule has 0 fully saturated rings. The molecule has 0 aliphatic rings. The summed E-state index contributed by atoms with van der Waals surface area (Å²) in [4.78, 5) is 22.9. The highest BCUT2D eigenvalue weighted by Gasteiger charge is 2.10. The zero-order valence-corrected chi connectivity index (χ0v) is 11.0. The Bertz CT molecular complexity index is 437. The normalized spacial score (nSPS) is 9.94. The fraction of sp³-hybridized carbons (Fsp3) is 0.429. The Morgan fingerprint density at radius 2 is 1.89 bits per heavy atom. The molecule has 0 aliphatic heterocycles. The Hall–Kier alpha value is -1.84. The minimum absolute atomic E-state index is 0.0408.